The summed E-state index contributed by atoms with van der Waals surface area (Å²) in [4.78, 5) is 13.6. The van der Waals surface area contributed by atoms with Gasteiger partial charge in [0.25, 0.3) is 0 Å². The molecule has 1 saturated heterocycles. The Kier molecular flexibility index (Phi) is 2.28. The van der Waals surface area contributed by atoms with Crippen LogP contribution in [-0.4, -0.2) is 29.6 Å². The fourth-order valence-corrected chi connectivity index (χ4v) is 1.99. The number of amides is 1. The zero-order valence-electron chi connectivity index (χ0n) is 8.42. The SMILES string of the molecule is CC1NC(C)N(CCC2CC2)C1=O. The van der Waals surface area contributed by atoms with Crippen LogP contribution < -0.4 is 5.32 Å². The third-order valence-corrected chi connectivity index (χ3v) is 3.09. The van der Waals surface area contributed by atoms with Crippen LogP contribution in [-0.2, 0) is 4.79 Å². The van der Waals surface area contributed by atoms with Gasteiger partial charge in [0, 0.05) is 6.54 Å². The molecule has 1 amide bonds. The van der Waals surface area contributed by atoms with E-state index in [0.717, 1.165) is 12.5 Å². The molecule has 2 atom stereocenters. The standard InChI is InChI=1S/C10H18N2O/c1-7-10(13)12(8(2)11-7)6-5-9-3-4-9/h7-9,11H,3-6H2,1-2H3. The summed E-state index contributed by atoms with van der Waals surface area (Å²) in [5, 5.41) is 3.24. The first-order valence-corrected chi connectivity index (χ1v) is 5.25. The molecule has 74 valence electrons. The second kappa shape index (κ2) is 3.29. The summed E-state index contributed by atoms with van der Waals surface area (Å²) < 4.78 is 0. The molecule has 0 bridgehead atoms. The third kappa shape index (κ3) is 1.85. The Labute approximate surface area is 79.5 Å². The first kappa shape index (κ1) is 9.00. The zero-order chi connectivity index (χ0) is 9.42. The van der Waals surface area contributed by atoms with Crippen molar-refractivity contribution in [3.05, 3.63) is 0 Å². The van der Waals surface area contributed by atoms with Gasteiger partial charge in [-0.15, -0.1) is 0 Å². The number of hydrogen-bond donors (Lipinski definition) is 1. The van der Waals surface area contributed by atoms with Crippen molar-refractivity contribution in [2.24, 2.45) is 5.92 Å². The molecule has 1 aliphatic carbocycles. The Balaban J connectivity index is 1.85. The molecule has 0 aromatic heterocycles. The van der Waals surface area contributed by atoms with Crippen molar-refractivity contribution in [3.63, 3.8) is 0 Å². The van der Waals surface area contributed by atoms with Crippen LogP contribution in [0.15, 0.2) is 0 Å². The summed E-state index contributed by atoms with van der Waals surface area (Å²) in [7, 11) is 0. The number of rotatable bonds is 3. The molecule has 1 saturated carbocycles. The Morgan fingerprint density at radius 1 is 1.46 bits per heavy atom. The van der Waals surface area contributed by atoms with E-state index in [1.165, 1.54) is 19.3 Å². The molecule has 1 heterocycles. The van der Waals surface area contributed by atoms with Gasteiger partial charge in [0.05, 0.1) is 12.2 Å². The van der Waals surface area contributed by atoms with Crippen LogP contribution >= 0.6 is 0 Å². The summed E-state index contributed by atoms with van der Waals surface area (Å²) in [6, 6.07) is 0.0224. The Hall–Kier alpha value is -0.570. The van der Waals surface area contributed by atoms with Crippen LogP contribution in [0.4, 0.5) is 0 Å². The van der Waals surface area contributed by atoms with Crippen molar-refractivity contribution in [3.8, 4) is 0 Å². The topological polar surface area (TPSA) is 32.3 Å². The van der Waals surface area contributed by atoms with Crippen molar-refractivity contribution in [1.29, 1.82) is 0 Å². The minimum atomic E-state index is 0.0224. The van der Waals surface area contributed by atoms with E-state index in [4.69, 9.17) is 0 Å². The molecule has 2 aliphatic rings. The summed E-state index contributed by atoms with van der Waals surface area (Å²) in [5.74, 6) is 1.18. The second-order valence-corrected chi connectivity index (χ2v) is 4.33. The number of carbonyl (C=O) groups excluding carboxylic acids is 1. The van der Waals surface area contributed by atoms with E-state index in [0.29, 0.717) is 0 Å². The van der Waals surface area contributed by atoms with Crippen molar-refractivity contribution < 1.29 is 4.79 Å². The monoisotopic (exact) mass is 182 g/mol. The van der Waals surface area contributed by atoms with E-state index < -0.39 is 0 Å². The predicted molar refractivity (Wildman–Crippen MR) is 51.1 cm³/mol. The number of nitrogens with zero attached hydrogens (tertiary/aromatic N) is 1. The molecule has 2 fully saturated rings. The lowest BCUT2D eigenvalue weighted by Gasteiger charge is -2.20. The van der Waals surface area contributed by atoms with E-state index in [1.807, 2.05) is 11.8 Å². The van der Waals surface area contributed by atoms with Gasteiger partial charge in [-0.05, 0) is 26.2 Å². The average Bonchev–Trinajstić information content (AvgIpc) is 2.84. The number of hydrogen-bond acceptors (Lipinski definition) is 2. The molecule has 0 aromatic rings. The van der Waals surface area contributed by atoms with Gasteiger partial charge in [0.1, 0.15) is 0 Å². The van der Waals surface area contributed by atoms with Gasteiger partial charge in [-0.1, -0.05) is 12.8 Å². The van der Waals surface area contributed by atoms with Crippen LogP contribution in [0.25, 0.3) is 0 Å². The van der Waals surface area contributed by atoms with E-state index in [9.17, 15) is 4.79 Å². The average molecular weight is 182 g/mol. The highest BCUT2D eigenvalue weighted by molar-refractivity contribution is 5.83. The van der Waals surface area contributed by atoms with Crippen molar-refractivity contribution in [2.45, 2.75) is 45.3 Å². The highest BCUT2D eigenvalue weighted by Gasteiger charge is 2.34. The third-order valence-electron chi connectivity index (χ3n) is 3.09. The maximum absolute atomic E-state index is 11.6. The summed E-state index contributed by atoms with van der Waals surface area (Å²) in [6.45, 7) is 4.95. The van der Waals surface area contributed by atoms with Crippen LogP contribution in [0, 0.1) is 5.92 Å². The smallest absolute Gasteiger partial charge is 0.240 e. The van der Waals surface area contributed by atoms with Gasteiger partial charge in [-0.25, -0.2) is 0 Å². The van der Waals surface area contributed by atoms with Crippen molar-refractivity contribution in [2.75, 3.05) is 6.54 Å². The lowest BCUT2D eigenvalue weighted by atomic mass is 10.2. The molecule has 1 N–H and O–H groups in total. The van der Waals surface area contributed by atoms with Gasteiger partial charge >= 0.3 is 0 Å². The minimum Gasteiger partial charge on any atom is -0.326 e. The molecule has 1 aliphatic heterocycles. The van der Waals surface area contributed by atoms with Crippen LogP contribution in [0.1, 0.15) is 33.1 Å². The zero-order valence-corrected chi connectivity index (χ0v) is 8.42. The fourth-order valence-electron chi connectivity index (χ4n) is 1.99. The Bertz CT molecular complexity index is 213. The second-order valence-electron chi connectivity index (χ2n) is 4.33. The molecule has 13 heavy (non-hydrogen) atoms. The van der Waals surface area contributed by atoms with Gasteiger partial charge in [0.15, 0.2) is 0 Å². The highest BCUT2D eigenvalue weighted by atomic mass is 16.2. The van der Waals surface area contributed by atoms with Crippen molar-refractivity contribution in [1.82, 2.24) is 10.2 Å². The number of carbonyl (C=O) groups is 1. The summed E-state index contributed by atoms with van der Waals surface area (Å²) in [5.41, 5.74) is 0. The minimum absolute atomic E-state index is 0.0224. The Morgan fingerprint density at radius 2 is 2.15 bits per heavy atom. The van der Waals surface area contributed by atoms with Crippen molar-refractivity contribution >= 4 is 5.91 Å². The molecule has 0 aromatic carbocycles. The molecule has 0 radical (unpaired) electrons. The molecular weight excluding hydrogens is 164 g/mol. The van der Waals surface area contributed by atoms with E-state index in [2.05, 4.69) is 12.2 Å². The summed E-state index contributed by atoms with van der Waals surface area (Å²) in [6.07, 6.45) is 4.18. The summed E-state index contributed by atoms with van der Waals surface area (Å²) >= 11 is 0. The van der Waals surface area contributed by atoms with Gasteiger partial charge in [-0.2, -0.15) is 0 Å². The van der Waals surface area contributed by atoms with E-state index in [-0.39, 0.29) is 18.1 Å². The first-order valence-electron chi connectivity index (χ1n) is 5.25. The van der Waals surface area contributed by atoms with Crippen LogP contribution in [0.3, 0.4) is 0 Å². The van der Waals surface area contributed by atoms with Gasteiger partial charge in [0.2, 0.25) is 5.91 Å². The van der Waals surface area contributed by atoms with Crippen LogP contribution in [0.5, 0.6) is 0 Å². The molecule has 3 nitrogen and oxygen atoms in total. The number of nitrogens with one attached hydrogen (secondary N) is 1. The molecule has 3 heteroatoms. The lowest BCUT2D eigenvalue weighted by Crippen LogP contribution is -2.35. The van der Waals surface area contributed by atoms with Gasteiger partial charge in [-0.3, -0.25) is 10.1 Å². The first-order chi connectivity index (χ1) is 6.18. The predicted octanol–water partition coefficient (Wildman–Crippen LogP) is 0.953. The molecular formula is C10H18N2O. The fraction of sp³-hybridized carbons (Fsp3) is 0.900. The van der Waals surface area contributed by atoms with E-state index in [1.54, 1.807) is 0 Å². The Morgan fingerprint density at radius 3 is 2.62 bits per heavy atom. The van der Waals surface area contributed by atoms with E-state index >= 15 is 0 Å². The molecule has 0 spiro atoms. The largest absolute Gasteiger partial charge is 0.326 e. The quantitative estimate of drug-likeness (QED) is 0.705. The molecule has 2 rings (SSSR count). The lowest BCUT2D eigenvalue weighted by molar-refractivity contribution is -0.129. The normalized spacial score (nSPS) is 34.3. The van der Waals surface area contributed by atoms with Gasteiger partial charge < -0.3 is 4.90 Å². The highest BCUT2D eigenvalue weighted by Crippen LogP contribution is 2.32. The maximum Gasteiger partial charge on any atom is 0.240 e. The molecule has 2 unspecified atom stereocenters. The maximum atomic E-state index is 11.6. The van der Waals surface area contributed by atoms with Crippen LogP contribution in [0.2, 0.25) is 0 Å².